The number of carboxylic acid groups (broad SMARTS) is 1. The number of urea groups is 1. The molecule has 6 N–H and O–H groups in total. The Kier molecular flexibility index (Phi) is 5.10. The van der Waals surface area contributed by atoms with Crippen molar-refractivity contribution >= 4 is 17.9 Å². The molecule has 0 saturated heterocycles. The Morgan fingerprint density at radius 2 is 1.87 bits per heavy atom. The molecular formula is C7H13N3O5. The van der Waals surface area contributed by atoms with Crippen LogP contribution in [0.2, 0.25) is 0 Å². The Labute approximate surface area is 85.4 Å². The highest BCUT2D eigenvalue weighted by atomic mass is 16.4. The van der Waals surface area contributed by atoms with Gasteiger partial charge in [0.1, 0.15) is 12.1 Å². The zero-order valence-corrected chi connectivity index (χ0v) is 8.06. The number of carboxylic acids is 1. The van der Waals surface area contributed by atoms with Crippen molar-refractivity contribution < 1.29 is 24.6 Å². The second-order valence-corrected chi connectivity index (χ2v) is 2.81. The molecule has 2 unspecified atom stereocenters. The second kappa shape index (κ2) is 5.81. The highest BCUT2D eigenvalue weighted by molar-refractivity contribution is 5.89. The van der Waals surface area contributed by atoms with Crippen molar-refractivity contribution in [2.45, 2.75) is 19.0 Å². The summed E-state index contributed by atoms with van der Waals surface area (Å²) in [7, 11) is 0. The molecule has 0 aromatic carbocycles. The summed E-state index contributed by atoms with van der Waals surface area (Å²) >= 11 is 0. The van der Waals surface area contributed by atoms with Gasteiger partial charge < -0.3 is 26.6 Å². The Balaban J connectivity index is 4.21. The Hall–Kier alpha value is -1.83. The molecule has 8 heteroatoms. The minimum absolute atomic E-state index is 0.732. The highest BCUT2D eigenvalue weighted by Gasteiger charge is 2.22. The first-order valence-electron chi connectivity index (χ1n) is 4.08. The number of aliphatic hydroxyl groups is 1. The van der Waals surface area contributed by atoms with Gasteiger partial charge in [-0.2, -0.15) is 0 Å². The lowest BCUT2D eigenvalue weighted by Crippen LogP contribution is -2.52. The van der Waals surface area contributed by atoms with Crippen LogP contribution in [0.5, 0.6) is 0 Å². The fourth-order valence-corrected chi connectivity index (χ4v) is 0.761. The topological polar surface area (TPSA) is 142 Å². The summed E-state index contributed by atoms with van der Waals surface area (Å²) in [4.78, 5) is 32.0. The standard InChI is InChI=1S/C7H13N3O5/c1-3(9-7(8)15)5(12)10-4(2-11)6(13)14/h3-4,11H,2H2,1H3,(H,10,12)(H,13,14)(H3,8,9,15). The predicted molar refractivity (Wildman–Crippen MR) is 48.8 cm³/mol. The van der Waals surface area contributed by atoms with Crippen LogP contribution in [-0.4, -0.2) is 46.8 Å². The second-order valence-electron chi connectivity index (χ2n) is 2.81. The van der Waals surface area contributed by atoms with E-state index >= 15 is 0 Å². The van der Waals surface area contributed by atoms with Gasteiger partial charge in [-0.25, -0.2) is 9.59 Å². The third-order valence-corrected chi connectivity index (χ3v) is 1.55. The van der Waals surface area contributed by atoms with Gasteiger partial charge in [0.2, 0.25) is 5.91 Å². The van der Waals surface area contributed by atoms with E-state index in [9.17, 15) is 14.4 Å². The van der Waals surface area contributed by atoms with Gasteiger partial charge in [0.15, 0.2) is 0 Å². The zero-order chi connectivity index (χ0) is 12.0. The molecule has 0 aromatic heterocycles. The number of primary amides is 1. The van der Waals surface area contributed by atoms with Crippen LogP contribution in [0.25, 0.3) is 0 Å². The van der Waals surface area contributed by atoms with E-state index in [1.807, 2.05) is 5.32 Å². The van der Waals surface area contributed by atoms with E-state index in [1.165, 1.54) is 6.92 Å². The molecule has 0 rings (SSSR count). The molecule has 8 nitrogen and oxygen atoms in total. The number of rotatable bonds is 5. The number of aliphatic hydroxyl groups excluding tert-OH is 1. The first-order valence-corrected chi connectivity index (χ1v) is 4.08. The molecule has 3 amide bonds. The molecule has 0 aliphatic carbocycles. The maximum Gasteiger partial charge on any atom is 0.328 e. The Bertz CT molecular complexity index is 267. The van der Waals surface area contributed by atoms with E-state index < -0.39 is 36.6 Å². The van der Waals surface area contributed by atoms with Crippen molar-refractivity contribution in [3.8, 4) is 0 Å². The van der Waals surface area contributed by atoms with Crippen LogP contribution < -0.4 is 16.4 Å². The van der Waals surface area contributed by atoms with Gasteiger partial charge in [0, 0.05) is 0 Å². The number of hydrogen-bond donors (Lipinski definition) is 5. The molecule has 0 heterocycles. The SMILES string of the molecule is CC(NC(N)=O)C(=O)NC(CO)C(=O)O. The summed E-state index contributed by atoms with van der Waals surface area (Å²) in [6.45, 7) is 0.598. The molecule has 86 valence electrons. The largest absolute Gasteiger partial charge is 0.480 e. The lowest BCUT2D eigenvalue weighted by molar-refractivity contribution is -0.143. The summed E-state index contributed by atoms with van der Waals surface area (Å²) in [5.41, 5.74) is 4.76. The fraction of sp³-hybridized carbons (Fsp3) is 0.571. The van der Waals surface area contributed by atoms with Crippen molar-refractivity contribution in [3.05, 3.63) is 0 Å². The maximum absolute atomic E-state index is 11.2. The first kappa shape index (κ1) is 13.2. The molecular weight excluding hydrogens is 206 g/mol. The molecule has 0 spiro atoms. The highest BCUT2D eigenvalue weighted by Crippen LogP contribution is 1.87. The Morgan fingerprint density at radius 1 is 1.33 bits per heavy atom. The van der Waals surface area contributed by atoms with Gasteiger partial charge in [-0.05, 0) is 6.92 Å². The predicted octanol–water partition coefficient (Wildman–Crippen LogP) is -2.40. The van der Waals surface area contributed by atoms with Crippen LogP contribution >= 0.6 is 0 Å². The average Bonchev–Trinajstić information content (AvgIpc) is 2.11. The number of aliphatic carboxylic acids is 1. The first-order chi connectivity index (χ1) is 6.88. The van der Waals surface area contributed by atoms with Crippen LogP contribution in [-0.2, 0) is 9.59 Å². The van der Waals surface area contributed by atoms with Gasteiger partial charge in [-0.1, -0.05) is 0 Å². The van der Waals surface area contributed by atoms with E-state index in [4.69, 9.17) is 15.9 Å². The molecule has 0 aliphatic heterocycles. The fourth-order valence-electron chi connectivity index (χ4n) is 0.761. The van der Waals surface area contributed by atoms with E-state index in [0.29, 0.717) is 0 Å². The van der Waals surface area contributed by atoms with E-state index in [2.05, 4.69) is 5.32 Å². The van der Waals surface area contributed by atoms with Crippen LogP contribution in [0, 0.1) is 0 Å². The van der Waals surface area contributed by atoms with E-state index in [1.54, 1.807) is 0 Å². The van der Waals surface area contributed by atoms with Crippen molar-refractivity contribution in [2.24, 2.45) is 5.73 Å². The number of nitrogens with two attached hydrogens (primary N) is 1. The molecule has 0 aromatic rings. The monoisotopic (exact) mass is 219 g/mol. The molecule has 0 fully saturated rings. The number of nitrogens with one attached hydrogen (secondary N) is 2. The van der Waals surface area contributed by atoms with Gasteiger partial charge >= 0.3 is 12.0 Å². The summed E-state index contributed by atoms with van der Waals surface area (Å²) in [5, 5.41) is 21.2. The number of amides is 3. The van der Waals surface area contributed by atoms with Crippen molar-refractivity contribution in [1.29, 1.82) is 0 Å². The van der Waals surface area contributed by atoms with Crippen molar-refractivity contribution in [2.75, 3.05) is 6.61 Å². The van der Waals surface area contributed by atoms with Crippen LogP contribution in [0.3, 0.4) is 0 Å². The summed E-state index contributed by atoms with van der Waals surface area (Å²) in [6, 6.07) is -3.25. The molecule has 0 saturated carbocycles. The van der Waals surface area contributed by atoms with Gasteiger partial charge in [-0.15, -0.1) is 0 Å². The quantitative estimate of drug-likeness (QED) is 0.350. The van der Waals surface area contributed by atoms with Crippen molar-refractivity contribution in [1.82, 2.24) is 10.6 Å². The van der Waals surface area contributed by atoms with Gasteiger partial charge in [0.05, 0.1) is 6.61 Å². The minimum Gasteiger partial charge on any atom is -0.480 e. The Morgan fingerprint density at radius 3 is 2.20 bits per heavy atom. The lowest BCUT2D eigenvalue weighted by Gasteiger charge is -2.16. The zero-order valence-electron chi connectivity index (χ0n) is 8.06. The van der Waals surface area contributed by atoms with E-state index in [-0.39, 0.29) is 0 Å². The van der Waals surface area contributed by atoms with Gasteiger partial charge in [-0.3, -0.25) is 4.79 Å². The third-order valence-electron chi connectivity index (χ3n) is 1.55. The molecule has 2 atom stereocenters. The smallest absolute Gasteiger partial charge is 0.328 e. The molecule has 0 bridgehead atoms. The average molecular weight is 219 g/mol. The maximum atomic E-state index is 11.2. The summed E-state index contributed by atoms with van der Waals surface area (Å²) < 4.78 is 0. The van der Waals surface area contributed by atoms with Crippen molar-refractivity contribution in [3.63, 3.8) is 0 Å². The minimum atomic E-state index is -1.39. The van der Waals surface area contributed by atoms with Crippen LogP contribution in [0.1, 0.15) is 6.92 Å². The normalized spacial score (nSPS) is 13.7. The van der Waals surface area contributed by atoms with Gasteiger partial charge in [0.25, 0.3) is 0 Å². The number of carbonyl (C=O) groups is 3. The number of carbonyl (C=O) groups excluding carboxylic acids is 2. The van der Waals surface area contributed by atoms with Crippen LogP contribution in [0.4, 0.5) is 4.79 Å². The summed E-state index contributed by atoms with van der Waals surface area (Å²) in [6.07, 6.45) is 0. The number of hydrogen-bond acceptors (Lipinski definition) is 4. The van der Waals surface area contributed by atoms with E-state index in [0.717, 1.165) is 0 Å². The van der Waals surface area contributed by atoms with Crippen LogP contribution in [0.15, 0.2) is 0 Å². The lowest BCUT2D eigenvalue weighted by atomic mass is 10.2. The summed E-state index contributed by atoms with van der Waals surface area (Å²) in [5.74, 6) is -2.10. The third kappa shape index (κ3) is 4.81. The molecule has 0 aliphatic rings. The molecule has 0 radical (unpaired) electrons. The molecule has 15 heavy (non-hydrogen) atoms.